The minimum atomic E-state index is 0. The van der Waals surface area contributed by atoms with E-state index in [1.165, 1.54) is 0 Å². The van der Waals surface area contributed by atoms with Gasteiger partial charge in [-0.05, 0) is 66.7 Å². The van der Waals surface area contributed by atoms with Gasteiger partial charge in [0.05, 0.1) is 0 Å². The van der Waals surface area contributed by atoms with Crippen molar-refractivity contribution in [2.45, 2.75) is 0 Å². The van der Waals surface area contributed by atoms with Crippen molar-refractivity contribution in [3.63, 3.8) is 0 Å². The number of para-hydroxylation sites is 4. The number of nitrogens with one attached hydrogen (secondary N) is 1. The van der Waals surface area contributed by atoms with Crippen LogP contribution in [0.25, 0.3) is 32.9 Å². The number of fused-ring (bicyclic) bond motifs is 3. The SMILES string of the molecule is [Rb+].[Rb+].[c-]1ccc2[nH]c3c(-c4cc(N(c5ccccc5)c5ccccc5)cc(N(c5ccccc5)c5ccccc5)c4)c[c-]cc3c2c1. The van der Waals surface area contributed by atoms with Gasteiger partial charge in [-0.3, -0.25) is 0 Å². The van der Waals surface area contributed by atoms with Crippen LogP contribution in [0.5, 0.6) is 0 Å². The second-order valence-corrected chi connectivity index (χ2v) is 11.0. The normalized spacial score (nSPS) is 10.6. The molecule has 8 rings (SSSR count). The van der Waals surface area contributed by atoms with E-state index >= 15 is 0 Å². The van der Waals surface area contributed by atoms with Gasteiger partial charge in [-0.25, -0.2) is 0 Å². The van der Waals surface area contributed by atoms with E-state index in [9.17, 15) is 0 Å². The molecule has 0 atom stereocenters. The van der Waals surface area contributed by atoms with E-state index in [4.69, 9.17) is 0 Å². The van der Waals surface area contributed by atoms with Gasteiger partial charge in [0.1, 0.15) is 0 Å². The quantitative estimate of drug-likeness (QED) is 0.217. The van der Waals surface area contributed by atoms with Crippen LogP contribution in [0.2, 0.25) is 0 Å². The number of H-pyrrole nitrogens is 1. The van der Waals surface area contributed by atoms with E-state index in [1.54, 1.807) is 0 Å². The molecule has 0 bridgehead atoms. The molecule has 0 aliphatic carbocycles. The Morgan fingerprint density at radius 3 is 1.34 bits per heavy atom. The Kier molecular flexibility index (Phi) is 11.6. The van der Waals surface area contributed by atoms with Crippen LogP contribution < -0.4 is 126 Å². The summed E-state index contributed by atoms with van der Waals surface area (Å²) in [7, 11) is 0. The smallest absolute Gasteiger partial charge is 0.400 e. The van der Waals surface area contributed by atoms with E-state index < -0.39 is 0 Å². The first-order chi connectivity index (χ1) is 22.3. The molecule has 0 amide bonds. The summed E-state index contributed by atoms with van der Waals surface area (Å²) in [5, 5.41) is 2.28. The molecule has 7 aromatic carbocycles. The minimum absolute atomic E-state index is 0. The molecule has 214 valence electrons. The van der Waals surface area contributed by atoms with Crippen LogP contribution in [-0.4, -0.2) is 4.98 Å². The first kappa shape index (κ1) is 34.4. The fourth-order valence-electron chi connectivity index (χ4n) is 6.18. The maximum Gasteiger partial charge on any atom is 1.00 e. The van der Waals surface area contributed by atoms with Crippen molar-refractivity contribution < 1.29 is 116 Å². The Bertz CT molecular complexity index is 2040. The van der Waals surface area contributed by atoms with Crippen molar-refractivity contribution in [2.75, 3.05) is 9.80 Å². The zero-order chi connectivity index (χ0) is 30.0. The molecule has 0 saturated heterocycles. The summed E-state index contributed by atoms with van der Waals surface area (Å²) in [5.41, 5.74) is 10.8. The fourth-order valence-corrected chi connectivity index (χ4v) is 6.18. The van der Waals surface area contributed by atoms with E-state index in [0.29, 0.717) is 0 Å². The van der Waals surface area contributed by atoms with Gasteiger partial charge in [0.25, 0.3) is 0 Å². The summed E-state index contributed by atoms with van der Waals surface area (Å²) >= 11 is 0. The third-order valence-electron chi connectivity index (χ3n) is 8.20. The molecule has 1 heterocycles. The Morgan fingerprint density at radius 2 is 0.872 bits per heavy atom. The Labute approximate surface area is 373 Å². The van der Waals surface area contributed by atoms with Crippen LogP contribution in [0.4, 0.5) is 34.1 Å². The van der Waals surface area contributed by atoms with E-state index in [-0.39, 0.29) is 116 Å². The van der Waals surface area contributed by atoms with Gasteiger partial charge in [-0.2, -0.15) is 47.2 Å². The summed E-state index contributed by atoms with van der Waals surface area (Å²) < 4.78 is 0. The average Bonchev–Trinajstić information content (AvgIpc) is 3.49. The summed E-state index contributed by atoms with van der Waals surface area (Å²) in [6, 6.07) is 66.1. The zero-order valence-electron chi connectivity index (χ0n) is 26.6. The number of aromatic amines is 1. The first-order valence-electron chi connectivity index (χ1n) is 15.1. The molecule has 1 N–H and O–H groups in total. The Balaban J connectivity index is 0.00000193. The van der Waals surface area contributed by atoms with Gasteiger partial charge < -0.3 is 14.8 Å². The van der Waals surface area contributed by atoms with Crippen molar-refractivity contribution in [1.29, 1.82) is 0 Å². The molecule has 0 unspecified atom stereocenters. The molecular weight excluding hydrogens is 717 g/mol. The van der Waals surface area contributed by atoms with Crippen molar-refractivity contribution >= 4 is 55.9 Å². The van der Waals surface area contributed by atoms with Gasteiger partial charge in [-0.15, -0.1) is 11.6 Å². The summed E-state index contributed by atoms with van der Waals surface area (Å²) in [6.45, 7) is 0. The largest absolute Gasteiger partial charge is 1.00 e. The number of aromatic nitrogens is 1. The topological polar surface area (TPSA) is 22.3 Å². The van der Waals surface area contributed by atoms with E-state index in [1.807, 2.05) is 12.1 Å². The summed E-state index contributed by atoms with van der Waals surface area (Å²) in [5.74, 6) is 0. The maximum absolute atomic E-state index is 3.70. The van der Waals surface area contributed by atoms with Gasteiger partial charge in [-0.1, -0.05) is 89.4 Å². The molecule has 0 aliphatic heterocycles. The van der Waals surface area contributed by atoms with E-state index in [0.717, 1.165) is 67.1 Å². The number of hydrogen-bond acceptors (Lipinski definition) is 2. The maximum atomic E-state index is 3.70. The van der Waals surface area contributed by atoms with Crippen molar-refractivity contribution in [1.82, 2.24) is 4.98 Å². The van der Waals surface area contributed by atoms with Gasteiger partial charge in [0.15, 0.2) is 0 Å². The monoisotopic (exact) mass is 745 g/mol. The molecule has 0 radical (unpaired) electrons. The number of anilines is 6. The predicted molar refractivity (Wildman–Crippen MR) is 188 cm³/mol. The van der Waals surface area contributed by atoms with Crippen molar-refractivity contribution in [3.8, 4) is 11.1 Å². The average molecular weight is 747 g/mol. The second kappa shape index (κ2) is 15.8. The molecular formula is C42H29N3Rb2. The Morgan fingerprint density at radius 1 is 0.426 bits per heavy atom. The molecule has 0 saturated carbocycles. The third-order valence-corrected chi connectivity index (χ3v) is 8.20. The standard InChI is InChI=1S/C42H29N3.2Rb/c1-5-16-32(17-6-1)44(33-18-7-2-8-19-33)36-28-31(38-25-15-26-40-39-24-13-14-27-41(39)43-42(38)40)29-37(30-36)45(34-20-9-3-10-21-34)35-22-11-4-12-23-35;;/h1-12,14,16-30,43H;;/q-2;2*+1. The number of benzene rings is 7. The number of nitrogens with zero attached hydrogens (tertiary/aromatic N) is 2. The van der Waals surface area contributed by atoms with E-state index in [2.05, 4.69) is 185 Å². The zero-order valence-corrected chi connectivity index (χ0v) is 36.4. The van der Waals surface area contributed by atoms with Crippen LogP contribution in [0.1, 0.15) is 0 Å². The molecule has 8 aromatic rings. The van der Waals surface area contributed by atoms with Gasteiger partial charge in [0, 0.05) is 34.1 Å². The van der Waals surface area contributed by atoms with Crippen LogP contribution in [0.15, 0.2) is 170 Å². The summed E-state index contributed by atoms with van der Waals surface area (Å²) in [4.78, 5) is 8.35. The van der Waals surface area contributed by atoms with Crippen LogP contribution in [-0.2, 0) is 0 Å². The molecule has 0 aliphatic rings. The number of rotatable bonds is 7. The Hall–Kier alpha value is -2.45. The molecule has 5 heteroatoms. The molecule has 0 spiro atoms. The van der Waals surface area contributed by atoms with Gasteiger partial charge in [0.2, 0.25) is 0 Å². The van der Waals surface area contributed by atoms with Crippen molar-refractivity contribution in [3.05, 3.63) is 182 Å². The molecule has 47 heavy (non-hydrogen) atoms. The molecule has 0 fully saturated rings. The fraction of sp³-hybridized carbons (Fsp3) is 0. The first-order valence-corrected chi connectivity index (χ1v) is 15.1. The third kappa shape index (κ3) is 7.15. The van der Waals surface area contributed by atoms with Crippen LogP contribution in [0.3, 0.4) is 0 Å². The van der Waals surface area contributed by atoms with Crippen LogP contribution in [0, 0.1) is 12.1 Å². The van der Waals surface area contributed by atoms with Crippen LogP contribution >= 0.6 is 0 Å². The molecule has 3 nitrogen and oxygen atoms in total. The molecule has 1 aromatic heterocycles. The minimum Gasteiger partial charge on any atom is -0.400 e. The summed E-state index contributed by atoms with van der Waals surface area (Å²) in [6.07, 6.45) is 0. The second-order valence-electron chi connectivity index (χ2n) is 11.0. The van der Waals surface area contributed by atoms with Crippen molar-refractivity contribution in [2.24, 2.45) is 0 Å². The number of hydrogen-bond donors (Lipinski definition) is 1. The van der Waals surface area contributed by atoms with Gasteiger partial charge >= 0.3 is 116 Å². The predicted octanol–water partition coefficient (Wildman–Crippen LogP) is 5.54.